The molecule has 1 atom stereocenters. The molecule has 5 nitrogen and oxygen atoms in total. The second kappa shape index (κ2) is 8.67. The Morgan fingerprint density at radius 3 is 2.41 bits per heavy atom. The maximum absolute atomic E-state index is 13.0. The fraction of sp³-hybridized carbons (Fsp3) is 0.0870. The van der Waals surface area contributed by atoms with E-state index in [1.54, 1.807) is 58.9 Å². The third kappa shape index (κ3) is 4.50. The van der Waals surface area contributed by atoms with E-state index in [2.05, 4.69) is 15.7 Å². The van der Waals surface area contributed by atoms with Gasteiger partial charge >= 0.3 is 0 Å². The molecule has 0 spiro atoms. The Morgan fingerprint density at radius 2 is 1.76 bits per heavy atom. The fourth-order valence-corrected chi connectivity index (χ4v) is 3.75. The van der Waals surface area contributed by atoms with Crippen LogP contribution in [0.1, 0.15) is 20.7 Å². The smallest absolute Gasteiger partial charge is 0.251 e. The number of imidazole rings is 1. The molecule has 4 aromatic rings. The molecule has 0 saturated heterocycles. The summed E-state index contributed by atoms with van der Waals surface area (Å²) in [5, 5.41) is 6.97. The number of nitrogens with one attached hydrogen (secondary N) is 1. The highest BCUT2D eigenvalue weighted by atomic mass is 32.1. The zero-order chi connectivity index (χ0) is 20.1. The Kier molecular flexibility index (Phi) is 5.63. The van der Waals surface area contributed by atoms with Crippen LogP contribution < -0.4 is 5.32 Å². The highest BCUT2D eigenvalue weighted by Crippen LogP contribution is 2.22. The van der Waals surface area contributed by atoms with Gasteiger partial charge in [0.2, 0.25) is 0 Å². The molecule has 29 heavy (non-hydrogen) atoms. The van der Waals surface area contributed by atoms with E-state index < -0.39 is 6.04 Å². The summed E-state index contributed by atoms with van der Waals surface area (Å²) in [6.45, 7) is 0.312. The quantitative estimate of drug-likeness (QED) is 0.470. The van der Waals surface area contributed by atoms with E-state index >= 15 is 0 Å². The lowest BCUT2D eigenvalue weighted by atomic mass is 10.0. The van der Waals surface area contributed by atoms with Crippen molar-refractivity contribution in [2.24, 2.45) is 0 Å². The molecule has 0 aliphatic carbocycles. The van der Waals surface area contributed by atoms with Gasteiger partial charge in [0.25, 0.3) is 5.91 Å². The number of rotatable bonds is 7. The first kappa shape index (κ1) is 18.8. The van der Waals surface area contributed by atoms with Crippen LogP contribution in [0.3, 0.4) is 0 Å². The molecule has 0 radical (unpaired) electrons. The number of nitrogens with zero attached hydrogens (tertiary/aromatic N) is 2. The summed E-state index contributed by atoms with van der Waals surface area (Å²) in [5.41, 5.74) is 3.25. The summed E-state index contributed by atoms with van der Waals surface area (Å²) in [4.78, 5) is 29.8. The van der Waals surface area contributed by atoms with E-state index in [4.69, 9.17) is 0 Å². The number of amides is 1. The Morgan fingerprint density at radius 1 is 0.966 bits per heavy atom. The van der Waals surface area contributed by atoms with E-state index in [-0.39, 0.29) is 11.7 Å². The average molecular weight is 401 g/mol. The molecule has 1 amide bonds. The van der Waals surface area contributed by atoms with Crippen molar-refractivity contribution in [2.45, 2.75) is 12.6 Å². The van der Waals surface area contributed by atoms with E-state index in [0.29, 0.717) is 17.7 Å². The second-order valence-electron chi connectivity index (χ2n) is 6.61. The van der Waals surface area contributed by atoms with Crippen LogP contribution in [0.2, 0.25) is 0 Å². The van der Waals surface area contributed by atoms with Crippen LogP contribution >= 0.6 is 11.3 Å². The maximum atomic E-state index is 13.0. The minimum atomic E-state index is -0.698. The van der Waals surface area contributed by atoms with Gasteiger partial charge in [-0.3, -0.25) is 9.59 Å². The topological polar surface area (TPSA) is 64.0 Å². The number of hydrogen-bond acceptors (Lipinski definition) is 4. The average Bonchev–Trinajstić information content (AvgIpc) is 3.48. The lowest BCUT2D eigenvalue weighted by molar-refractivity contribution is 0.0847. The van der Waals surface area contributed by atoms with Crippen molar-refractivity contribution in [1.82, 2.24) is 14.9 Å². The molecule has 0 bridgehead atoms. The molecule has 4 rings (SSSR count). The van der Waals surface area contributed by atoms with Crippen molar-refractivity contribution in [3.8, 4) is 11.1 Å². The van der Waals surface area contributed by atoms with Crippen LogP contribution in [0.4, 0.5) is 0 Å². The van der Waals surface area contributed by atoms with Crippen LogP contribution in [-0.2, 0) is 6.54 Å². The standard InChI is InChI=1S/C23H19N3O2S/c27-22(18-4-2-1-3-5-18)21(14-26-12-11-24-16-26)25-23(28)19-8-6-17(7-9-19)20-10-13-29-15-20/h1-13,15-16,21H,14H2,(H,25,28). The molecule has 0 aliphatic rings. The Bertz CT molecular complexity index is 1070. The Hall–Kier alpha value is -3.51. The normalized spacial score (nSPS) is 11.7. The molecule has 1 unspecified atom stereocenters. The summed E-state index contributed by atoms with van der Waals surface area (Å²) in [5.74, 6) is -0.418. The SMILES string of the molecule is O=C(NC(Cn1ccnc1)C(=O)c1ccccc1)c1ccc(-c2ccsc2)cc1. The maximum Gasteiger partial charge on any atom is 0.251 e. The summed E-state index contributed by atoms with van der Waals surface area (Å²) >= 11 is 1.63. The monoisotopic (exact) mass is 401 g/mol. The molecule has 0 aliphatic heterocycles. The van der Waals surface area contributed by atoms with Crippen LogP contribution in [0, 0.1) is 0 Å². The lowest BCUT2D eigenvalue weighted by Crippen LogP contribution is -2.43. The molecule has 2 heterocycles. The molecular weight excluding hydrogens is 382 g/mol. The molecule has 1 N–H and O–H groups in total. The van der Waals surface area contributed by atoms with Crippen molar-refractivity contribution < 1.29 is 9.59 Å². The molecule has 144 valence electrons. The second-order valence-corrected chi connectivity index (χ2v) is 7.39. The van der Waals surface area contributed by atoms with Crippen molar-refractivity contribution in [2.75, 3.05) is 0 Å². The lowest BCUT2D eigenvalue weighted by Gasteiger charge is -2.18. The van der Waals surface area contributed by atoms with Gasteiger partial charge in [0, 0.05) is 23.5 Å². The molecular formula is C23H19N3O2S. The summed E-state index contributed by atoms with van der Waals surface area (Å²) in [7, 11) is 0. The van der Waals surface area contributed by atoms with Crippen molar-refractivity contribution in [3.63, 3.8) is 0 Å². The molecule has 0 saturated carbocycles. The van der Waals surface area contributed by atoms with Crippen LogP contribution in [0.25, 0.3) is 11.1 Å². The molecule has 6 heteroatoms. The first-order valence-electron chi connectivity index (χ1n) is 9.19. The fourth-order valence-electron chi connectivity index (χ4n) is 3.09. The Labute approximate surface area is 172 Å². The third-order valence-corrected chi connectivity index (χ3v) is 5.32. The highest BCUT2D eigenvalue weighted by Gasteiger charge is 2.23. The minimum Gasteiger partial charge on any atom is -0.340 e. The molecule has 0 fully saturated rings. The summed E-state index contributed by atoms with van der Waals surface area (Å²) < 4.78 is 1.78. The van der Waals surface area contributed by atoms with Gasteiger partial charge in [-0.05, 0) is 40.1 Å². The predicted molar refractivity (Wildman–Crippen MR) is 114 cm³/mol. The zero-order valence-electron chi connectivity index (χ0n) is 15.6. The molecule has 2 aromatic carbocycles. The van der Waals surface area contributed by atoms with Crippen molar-refractivity contribution >= 4 is 23.0 Å². The Balaban J connectivity index is 1.53. The number of Topliss-reactive ketones (excluding diaryl/α,β-unsaturated/α-hetero) is 1. The molecule has 2 aromatic heterocycles. The van der Waals surface area contributed by atoms with Gasteiger partial charge in [0.1, 0.15) is 6.04 Å². The van der Waals surface area contributed by atoms with Gasteiger partial charge in [-0.1, -0.05) is 42.5 Å². The first-order chi connectivity index (χ1) is 14.2. The van der Waals surface area contributed by atoms with Crippen molar-refractivity contribution in [1.29, 1.82) is 0 Å². The van der Waals surface area contributed by atoms with E-state index in [9.17, 15) is 9.59 Å². The predicted octanol–water partition coefficient (Wildman–Crippen LogP) is 4.29. The zero-order valence-corrected chi connectivity index (χ0v) is 16.4. The third-order valence-electron chi connectivity index (χ3n) is 4.63. The van der Waals surface area contributed by atoms with Gasteiger partial charge in [-0.2, -0.15) is 11.3 Å². The van der Waals surface area contributed by atoms with Crippen LogP contribution in [0.15, 0.2) is 90.1 Å². The minimum absolute atomic E-state index is 0.137. The number of carbonyl (C=O) groups excluding carboxylic acids is 2. The van der Waals surface area contributed by atoms with Gasteiger partial charge < -0.3 is 9.88 Å². The summed E-state index contributed by atoms with van der Waals surface area (Å²) in [6, 6.07) is 17.7. The van der Waals surface area contributed by atoms with Gasteiger partial charge in [0.15, 0.2) is 5.78 Å². The number of ketones is 1. The first-order valence-corrected chi connectivity index (χ1v) is 10.1. The van der Waals surface area contributed by atoms with Gasteiger partial charge in [-0.25, -0.2) is 4.98 Å². The van der Waals surface area contributed by atoms with Crippen molar-refractivity contribution in [3.05, 3.63) is 101 Å². The number of carbonyl (C=O) groups is 2. The van der Waals surface area contributed by atoms with Crippen LogP contribution in [0.5, 0.6) is 0 Å². The summed E-state index contributed by atoms with van der Waals surface area (Å²) in [6.07, 6.45) is 5.05. The van der Waals surface area contributed by atoms with Crippen LogP contribution in [-0.4, -0.2) is 27.3 Å². The number of thiophene rings is 1. The van der Waals surface area contributed by atoms with E-state index in [1.807, 2.05) is 41.8 Å². The van der Waals surface area contributed by atoms with Gasteiger partial charge in [-0.15, -0.1) is 0 Å². The van der Waals surface area contributed by atoms with Gasteiger partial charge in [0.05, 0.1) is 12.9 Å². The highest BCUT2D eigenvalue weighted by molar-refractivity contribution is 7.08. The number of hydrogen-bond donors (Lipinski definition) is 1. The largest absolute Gasteiger partial charge is 0.340 e. The van der Waals surface area contributed by atoms with E-state index in [1.165, 1.54) is 0 Å². The number of aromatic nitrogens is 2. The van der Waals surface area contributed by atoms with E-state index in [0.717, 1.165) is 11.1 Å². The number of benzene rings is 2.